The number of nitriles is 1. The second-order valence-electron chi connectivity index (χ2n) is 3.49. The van der Waals surface area contributed by atoms with Crippen molar-refractivity contribution in [3.05, 3.63) is 29.3 Å². The Morgan fingerprint density at radius 1 is 1.50 bits per heavy atom. The average Bonchev–Trinajstić information content (AvgIpc) is 2.82. The summed E-state index contributed by atoms with van der Waals surface area (Å²) in [5.74, 6) is 0.663. The fourth-order valence-corrected chi connectivity index (χ4v) is 1.54. The van der Waals surface area contributed by atoms with E-state index in [9.17, 15) is 4.79 Å². The predicted molar refractivity (Wildman–Crippen MR) is 62.9 cm³/mol. The Morgan fingerprint density at radius 2 is 2.22 bits per heavy atom. The predicted octanol–water partition coefficient (Wildman–Crippen LogP) is 1.86. The van der Waals surface area contributed by atoms with Gasteiger partial charge in [-0.3, -0.25) is 0 Å². The van der Waals surface area contributed by atoms with E-state index in [0.29, 0.717) is 29.2 Å². The van der Waals surface area contributed by atoms with Crippen LogP contribution in [0.25, 0.3) is 6.08 Å². The summed E-state index contributed by atoms with van der Waals surface area (Å²) in [4.78, 5) is 11.2. The summed E-state index contributed by atoms with van der Waals surface area (Å²) in [6.07, 6.45) is 2.81. The van der Waals surface area contributed by atoms with E-state index in [1.54, 1.807) is 19.1 Å². The highest BCUT2D eigenvalue weighted by Crippen LogP contribution is 2.35. The lowest BCUT2D eigenvalue weighted by atomic mass is 10.1. The molecule has 5 nitrogen and oxygen atoms in total. The van der Waals surface area contributed by atoms with Gasteiger partial charge >= 0.3 is 5.97 Å². The maximum atomic E-state index is 11.2. The molecule has 0 amide bonds. The average molecular weight is 245 g/mol. The highest BCUT2D eigenvalue weighted by molar-refractivity contribution is 5.87. The van der Waals surface area contributed by atoms with Crippen molar-refractivity contribution in [3.8, 4) is 17.6 Å². The smallest absolute Gasteiger partial charge is 0.330 e. The molecule has 1 aliphatic heterocycles. The van der Waals surface area contributed by atoms with Gasteiger partial charge in [-0.2, -0.15) is 5.26 Å². The first kappa shape index (κ1) is 12.0. The van der Waals surface area contributed by atoms with Gasteiger partial charge in [0.1, 0.15) is 0 Å². The quantitative estimate of drug-likeness (QED) is 0.600. The van der Waals surface area contributed by atoms with Gasteiger partial charge < -0.3 is 14.2 Å². The first-order chi connectivity index (χ1) is 8.74. The summed E-state index contributed by atoms with van der Waals surface area (Å²) in [6, 6.07) is 5.30. The zero-order valence-electron chi connectivity index (χ0n) is 9.80. The van der Waals surface area contributed by atoms with Crippen LogP contribution < -0.4 is 9.47 Å². The van der Waals surface area contributed by atoms with Crippen molar-refractivity contribution in [3.63, 3.8) is 0 Å². The van der Waals surface area contributed by atoms with Gasteiger partial charge in [0.2, 0.25) is 6.79 Å². The SMILES string of the molecule is CCOC(=O)C=Cc1cc2c(cc1C#N)OCO2. The molecule has 1 aromatic rings. The van der Waals surface area contributed by atoms with Gasteiger partial charge in [-0.05, 0) is 24.6 Å². The number of carbonyl (C=O) groups excluding carboxylic acids is 1. The van der Waals surface area contributed by atoms with E-state index >= 15 is 0 Å². The lowest BCUT2D eigenvalue weighted by molar-refractivity contribution is -0.137. The molecule has 0 fully saturated rings. The van der Waals surface area contributed by atoms with Gasteiger partial charge in [0, 0.05) is 12.1 Å². The van der Waals surface area contributed by atoms with Gasteiger partial charge in [0.05, 0.1) is 18.2 Å². The van der Waals surface area contributed by atoms with Crippen LogP contribution in [0.2, 0.25) is 0 Å². The highest BCUT2D eigenvalue weighted by Gasteiger charge is 2.16. The van der Waals surface area contributed by atoms with E-state index in [-0.39, 0.29) is 6.79 Å². The Labute approximate surface area is 104 Å². The van der Waals surface area contributed by atoms with E-state index in [4.69, 9.17) is 19.5 Å². The molecule has 18 heavy (non-hydrogen) atoms. The van der Waals surface area contributed by atoms with Crippen molar-refractivity contribution >= 4 is 12.0 Å². The third-order valence-electron chi connectivity index (χ3n) is 2.35. The molecule has 0 radical (unpaired) electrons. The summed E-state index contributed by atoms with van der Waals surface area (Å²) in [7, 11) is 0. The van der Waals surface area contributed by atoms with Crippen molar-refractivity contribution < 1.29 is 19.0 Å². The van der Waals surface area contributed by atoms with Gasteiger partial charge in [0.15, 0.2) is 11.5 Å². The van der Waals surface area contributed by atoms with Gasteiger partial charge in [-0.15, -0.1) is 0 Å². The number of fused-ring (bicyclic) bond motifs is 1. The topological polar surface area (TPSA) is 68.6 Å². The summed E-state index contributed by atoms with van der Waals surface area (Å²) < 4.78 is 15.1. The van der Waals surface area contributed by atoms with Crippen molar-refractivity contribution in [1.82, 2.24) is 0 Å². The Morgan fingerprint density at radius 3 is 2.89 bits per heavy atom. The molecule has 0 bridgehead atoms. The van der Waals surface area contributed by atoms with Crippen LogP contribution >= 0.6 is 0 Å². The number of carbonyl (C=O) groups is 1. The number of nitrogens with zero attached hydrogens (tertiary/aromatic N) is 1. The zero-order chi connectivity index (χ0) is 13.0. The van der Waals surface area contributed by atoms with Crippen LogP contribution in [0.4, 0.5) is 0 Å². The molecule has 1 aromatic carbocycles. The van der Waals surface area contributed by atoms with Crippen LogP contribution in [-0.4, -0.2) is 19.4 Å². The second-order valence-corrected chi connectivity index (χ2v) is 3.49. The Bertz CT molecular complexity index is 543. The first-order valence-corrected chi connectivity index (χ1v) is 5.43. The minimum absolute atomic E-state index is 0.144. The van der Waals surface area contributed by atoms with Crippen LogP contribution in [-0.2, 0) is 9.53 Å². The van der Waals surface area contributed by atoms with Crippen LogP contribution in [0.1, 0.15) is 18.1 Å². The van der Waals surface area contributed by atoms with Crippen LogP contribution in [0, 0.1) is 11.3 Å². The Kier molecular flexibility index (Phi) is 3.49. The Hall–Kier alpha value is -2.48. The maximum Gasteiger partial charge on any atom is 0.330 e. The van der Waals surface area contributed by atoms with E-state index in [0.717, 1.165) is 0 Å². The molecule has 2 rings (SSSR count). The third kappa shape index (κ3) is 2.43. The summed E-state index contributed by atoms with van der Waals surface area (Å²) in [6.45, 7) is 2.19. The molecule has 0 atom stereocenters. The van der Waals surface area contributed by atoms with E-state index in [2.05, 4.69) is 0 Å². The molecule has 0 saturated carbocycles. The molecule has 1 heterocycles. The molecule has 0 N–H and O–H groups in total. The number of ether oxygens (including phenoxy) is 3. The van der Waals surface area contributed by atoms with Gasteiger partial charge in [0.25, 0.3) is 0 Å². The molecule has 0 aromatic heterocycles. The minimum Gasteiger partial charge on any atom is -0.463 e. The van der Waals surface area contributed by atoms with Crippen molar-refractivity contribution in [2.24, 2.45) is 0 Å². The molecule has 92 valence electrons. The summed E-state index contributed by atoms with van der Waals surface area (Å²) in [5.41, 5.74) is 1.01. The number of hydrogen-bond donors (Lipinski definition) is 0. The molecule has 0 aliphatic carbocycles. The van der Waals surface area contributed by atoms with Gasteiger partial charge in [-0.1, -0.05) is 0 Å². The standard InChI is InChI=1S/C13H11NO4/c1-2-16-13(15)4-3-9-5-11-12(18-8-17-11)6-10(9)7-14/h3-6H,2,8H2,1H3. The molecule has 0 unspecified atom stereocenters. The largest absolute Gasteiger partial charge is 0.463 e. The van der Waals surface area contributed by atoms with Crippen molar-refractivity contribution in [2.45, 2.75) is 6.92 Å². The maximum absolute atomic E-state index is 11.2. The Balaban J connectivity index is 2.28. The normalized spacial score (nSPS) is 12.4. The lowest BCUT2D eigenvalue weighted by Crippen LogP contribution is -1.98. The third-order valence-corrected chi connectivity index (χ3v) is 2.35. The van der Waals surface area contributed by atoms with Crippen molar-refractivity contribution in [2.75, 3.05) is 13.4 Å². The number of rotatable bonds is 3. The minimum atomic E-state index is -0.445. The molecule has 0 spiro atoms. The van der Waals surface area contributed by atoms with E-state index in [1.807, 2.05) is 6.07 Å². The lowest BCUT2D eigenvalue weighted by Gasteiger charge is -2.01. The number of benzene rings is 1. The molecule has 1 aliphatic rings. The fraction of sp³-hybridized carbons (Fsp3) is 0.231. The summed E-state index contributed by atoms with van der Waals surface area (Å²) >= 11 is 0. The number of hydrogen-bond acceptors (Lipinski definition) is 5. The molecule has 5 heteroatoms. The molecular formula is C13H11NO4. The van der Waals surface area contributed by atoms with Gasteiger partial charge in [-0.25, -0.2) is 4.79 Å². The molecular weight excluding hydrogens is 234 g/mol. The van der Waals surface area contributed by atoms with E-state index < -0.39 is 5.97 Å². The van der Waals surface area contributed by atoms with Crippen LogP contribution in [0.15, 0.2) is 18.2 Å². The second kappa shape index (κ2) is 5.23. The zero-order valence-corrected chi connectivity index (χ0v) is 9.80. The molecule has 0 saturated heterocycles. The number of esters is 1. The fourth-order valence-electron chi connectivity index (χ4n) is 1.54. The highest BCUT2D eigenvalue weighted by atomic mass is 16.7. The first-order valence-electron chi connectivity index (χ1n) is 5.43. The summed E-state index contributed by atoms with van der Waals surface area (Å²) in [5, 5.41) is 9.02. The van der Waals surface area contributed by atoms with E-state index in [1.165, 1.54) is 12.2 Å². The van der Waals surface area contributed by atoms with Crippen LogP contribution in [0.3, 0.4) is 0 Å². The van der Waals surface area contributed by atoms with Crippen LogP contribution in [0.5, 0.6) is 11.5 Å². The van der Waals surface area contributed by atoms with Crippen molar-refractivity contribution in [1.29, 1.82) is 5.26 Å². The monoisotopic (exact) mass is 245 g/mol.